The van der Waals surface area contributed by atoms with Crippen LogP contribution >= 0.6 is 0 Å². The van der Waals surface area contributed by atoms with Gasteiger partial charge in [-0.2, -0.15) is 0 Å². The largest absolute Gasteiger partial charge is 0.481 e. The van der Waals surface area contributed by atoms with E-state index in [9.17, 15) is 4.79 Å². The zero-order chi connectivity index (χ0) is 15.0. The molecule has 6 heteroatoms. The summed E-state index contributed by atoms with van der Waals surface area (Å²) in [5, 5.41) is 9.13. The number of carboxylic acid groups (broad SMARTS) is 1. The molecule has 0 spiro atoms. The Morgan fingerprint density at radius 1 is 1.30 bits per heavy atom. The van der Waals surface area contributed by atoms with Crippen LogP contribution in [0, 0.1) is 0 Å². The summed E-state index contributed by atoms with van der Waals surface area (Å²) in [6.07, 6.45) is 1.57. The first kappa shape index (κ1) is 15.0. The van der Waals surface area contributed by atoms with Crippen molar-refractivity contribution in [3.05, 3.63) is 30.1 Å². The maximum Gasteiger partial charge on any atom is 0.468 e. The standard InChI is InChI=1S/C14H20BNO4/c1-13(2)14(3,4)20-15(19-13)10(9-12(17)18)11-7-5-6-8-16-11/h5-8,10H,9H2,1-4H3,(H,17,18). The van der Waals surface area contributed by atoms with Crippen molar-refractivity contribution in [2.75, 3.05) is 0 Å². The highest BCUT2D eigenvalue weighted by Gasteiger charge is 2.54. The van der Waals surface area contributed by atoms with Crippen molar-refractivity contribution in [1.82, 2.24) is 4.98 Å². The molecular formula is C14H20BNO4. The average molecular weight is 277 g/mol. The molecule has 0 aliphatic carbocycles. The maximum absolute atomic E-state index is 11.1. The van der Waals surface area contributed by atoms with Gasteiger partial charge in [-0.15, -0.1) is 0 Å². The number of carbonyl (C=O) groups is 1. The summed E-state index contributed by atoms with van der Waals surface area (Å²) in [5.74, 6) is -1.31. The van der Waals surface area contributed by atoms with Gasteiger partial charge in [0.2, 0.25) is 0 Å². The lowest BCUT2D eigenvalue weighted by Gasteiger charge is -2.32. The molecule has 1 unspecified atom stereocenters. The first-order chi connectivity index (χ1) is 9.23. The molecule has 1 aromatic heterocycles. The van der Waals surface area contributed by atoms with Crippen LogP contribution in [0.15, 0.2) is 24.4 Å². The van der Waals surface area contributed by atoms with E-state index < -0.39 is 30.1 Å². The third-order valence-electron chi connectivity index (χ3n) is 4.06. The molecular weight excluding hydrogens is 257 g/mol. The van der Waals surface area contributed by atoms with Crippen molar-refractivity contribution < 1.29 is 19.2 Å². The fourth-order valence-electron chi connectivity index (χ4n) is 2.18. The number of aromatic nitrogens is 1. The smallest absolute Gasteiger partial charge is 0.468 e. The van der Waals surface area contributed by atoms with Crippen LogP contribution < -0.4 is 0 Å². The van der Waals surface area contributed by atoms with E-state index in [1.54, 1.807) is 18.3 Å². The second kappa shape index (κ2) is 5.18. The Morgan fingerprint density at radius 2 is 1.90 bits per heavy atom. The summed E-state index contributed by atoms with van der Waals surface area (Å²) in [4.78, 5) is 15.4. The highest BCUT2D eigenvalue weighted by atomic mass is 16.7. The minimum atomic E-state index is -0.893. The van der Waals surface area contributed by atoms with E-state index in [0.717, 1.165) is 0 Å². The van der Waals surface area contributed by atoms with Gasteiger partial charge in [0.1, 0.15) is 0 Å². The van der Waals surface area contributed by atoms with Crippen LogP contribution in [0.4, 0.5) is 0 Å². The summed E-state index contributed by atoms with van der Waals surface area (Å²) in [6.45, 7) is 7.79. The molecule has 2 heterocycles. The van der Waals surface area contributed by atoms with E-state index in [1.807, 2.05) is 33.8 Å². The number of hydrogen-bond donors (Lipinski definition) is 1. The molecule has 1 aromatic rings. The Bertz CT molecular complexity index is 473. The molecule has 1 saturated heterocycles. The van der Waals surface area contributed by atoms with Gasteiger partial charge < -0.3 is 14.4 Å². The summed E-state index contributed by atoms with van der Waals surface area (Å²) in [7, 11) is -0.606. The lowest BCUT2D eigenvalue weighted by molar-refractivity contribution is -0.137. The molecule has 20 heavy (non-hydrogen) atoms. The molecule has 0 amide bonds. The van der Waals surface area contributed by atoms with Crippen LogP contribution in [0.1, 0.15) is 45.6 Å². The monoisotopic (exact) mass is 277 g/mol. The second-order valence-electron chi connectivity index (χ2n) is 6.08. The van der Waals surface area contributed by atoms with Gasteiger partial charge in [0.05, 0.1) is 17.6 Å². The van der Waals surface area contributed by atoms with Crippen LogP contribution in [-0.4, -0.2) is 34.4 Å². The lowest BCUT2D eigenvalue weighted by atomic mass is 9.68. The highest BCUT2D eigenvalue weighted by Crippen LogP contribution is 2.41. The van der Waals surface area contributed by atoms with Crippen LogP contribution in [0.25, 0.3) is 0 Å². The molecule has 0 aromatic carbocycles. The molecule has 5 nitrogen and oxygen atoms in total. The third-order valence-corrected chi connectivity index (χ3v) is 4.06. The SMILES string of the molecule is CC1(C)OB(C(CC(=O)O)c2ccccn2)OC1(C)C. The Balaban J connectivity index is 2.28. The Kier molecular flexibility index (Phi) is 3.89. The van der Waals surface area contributed by atoms with E-state index in [0.29, 0.717) is 5.69 Å². The molecule has 0 saturated carbocycles. The molecule has 2 rings (SSSR count). The van der Waals surface area contributed by atoms with Crippen molar-refractivity contribution in [2.24, 2.45) is 0 Å². The Hall–Kier alpha value is -1.40. The fourth-order valence-corrected chi connectivity index (χ4v) is 2.18. The normalized spacial score (nSPS) is 21.7. The van der Waals surface area contributed by atoms with Crippen molar-refractivity contribution >= 4 is 13.1 Å². The number of rotatable bonds is 4. The molecule has 108 valence electrons. The summed E-state index contributed by atoms with van der Waals surface area (Å²) >= 11 is 0. The number of aliphatic carboxylic acids is 1. The van der Waals surface area contributed by atoms with Gasteiger partial charge in [0.15, 0.2) is 0 Å². The highest BCUT2D eigenvalue weighted by molar-refractivity contribution is 6.48. The fraction of sp³-hybridized carbons (Fsp3) is 0.571. The first-order valence-corrected chi connectivity index (χ1v) is 6.71. The third kappa shape index (κ3) is 2.86. The average Bonchev–Trinajstić information content (AvgIpc) is 2.56. The van der Waals surface area contributed by atoms with Gasteiger partial charge in [-0.3, -0.25) is 9.78 Å². The van der Waals surface area contributed by atoms with E-state index in [4.69, 9.17) is 14.4 Å². The quantitative estimate of drug-likeness (QED) is 0.855. The molecule has 1 aliphatic rings. The van der Waals surface area contributed by atoms with Crippen LogP contribution in [0.5, 0.6) is 0 Å². The van der Waals surface area contributed by atoms with Gasteiger partial charge in [-0.25, -0.2) is 0 Å². The van der Waals surface area contributed by atoms with E-state index in [-0.39, 0.29) is 6.42 Å². The minimum Gasteiger partial charge on any atom is -0.481 e. The topological polar surface area (TPSA) is 68.7 Å². The van der Waals surface area contributed by atoms with Crippen molar-refractivity contribution in [3.63, 3.8) is 0 Å². The summed E-state index contributed by atoms with van der Waals surface area (Å²) < 4.78 is 11.9. The van der Waals surface area contributed by atoms with Crippen molar-refractivity contribution in [1.29, 1.82) is 0 Å². The van der Waals surface area contributed by atoms with Gasteiger partial charge in [-0.05, 0) is 39.8 Å². The van der Waals surface area contributed by atoms with E-state index >= 15 is 0 Å². The molecule has 1 N–H and O–H groups in total. The van der Waals surface area contributed by atoms with Gasteiger partial charge in [0, 0.05) is 17.7 Å². The predicted octanol–water partition coefficient (Wildman–Crippen LogP) is 2.27. The van der Waals surface area contributed by atoms with Crippen molar-refractivity contribution in [2.45, 2.75) is 51.1 Å². The molecule has 0 bridgehead atoms. The zero-order valence-corrected chi connectivity index (χ0v) is 12.3. The molecule has 1 atom stereocenters. The number of pyridine rings is 1. The lowest BCUT2D eigenvalue weighted by Crippen LogP contribution is -2.41. The van der Waals surface area contributed by atoms with Gasteiger partial charge >= 0.3 is 13.1 Å². The minimum absolute atomic E-state index is 0.0756. The van der Waals surface area contributed by atoms with Gasteiger partial charge in [-0.1, -0.05) is 6.07 Å². The maximum atomic E-state index is 11.1. The summed E-state index contributed by atoms with van der Waals surface area (Å²) in [6, 6.07) is 5.44. The Labute approximate surface area is 119 Å². The first-order valence-electron chi connectivity index (χ1n) is 6.71. The molecule has 1 aliphatic heterocycles. The van der Waals surface area contributed by atoms with Crippen LogP contribution in [0.3, 0.4) is 0 Å². The predicted molar refractivity (Wildman–Crippen MR) is 75.3 cm³/mol. The Morgan fingerprint density at radius 3 is 2.35 bits per heavy atom. The summed E-state index contributed by atoms with van der Waals surface area (Å²) in [5.41, 5.74) is -0.291. The van der Waals surface area contributed by atoms with Crippen LogP contribution in [0.2, 0.25) is 0 Å². The van der Waals surface area contributed by atoms with E-state index in [1.165, 1.54) is 0 Å². The number of hydrogen-bond acceptors (Lipinski definition) is 4. The van der Waals surface area contributed by atoms with Crippen LogP contribution in [-0.2, 0) is 14.1 Å². The number of carboxylic acids is 1. The number of nitrogens with zero attached hydrogens (tertiary/aromatic N) is 1. The molecule has 0 radical (unpaired) electrons. The van der Waals surface area contributed by atoms with Gasteiger partial charge in [0.25, 0.3) is 0 Å². The van der Waals surface area contributed by atoms with Crippen molar-refractivity contribution in [3.8, 4) is 0 Å². The molecule has 1 fully saturated rings. The van der Waals surface area contributed by atoms with E-state index in [2.05, 4.69) is 4.98 Å². The second-order valence-corrected chi connectivity index (χ2v) is 6.08. The zero-order valence-electron chi connectivity index (χ0n) is 12.3.